The second kappa shape index (κ2) is 7.93. The lowest BCUT2D eigenvalue weighted by Gasteiger charge is -2.42. The molecule has 3 nitrogen and oxygen atoms in total. The van der Waals surface area contributed by atoms with Crippen molar-refractivity contribution < 1.29 is 14.3 Å². The molecule has 1 saturated heterocycles. The number of hydrogen-bond acceptors (Lipinski definition) is 2. The lowest BCUT2D eigenvalue weighted by Crippen LogP contribution is -2.52. The standard InChI is InChI=1S/C10H16N.C6H13O2Si/c1-11(2,3)9-10-7-5-4-6-8-10;1-9-6(7)4-2-3-5-8-6/h4-8H,9H2,1-3H3;2-5,9H2,1H3/q+1;-1. The van der Waals surface area contributed by atoms with Crippen LogP contribution in [-0.4, -0.2) is 47.2 Å². The highest BCUT2D eigenvalue weighted by atomic mass is 28.2. The fraction of sp³-hybridized carbons (Fsp3) is 0.625. The first-order valence-corrected chi connectivity index (χ1v) is 9.65. The highest BCUT2D eigenvalue weighted by Crippen LogP contribution is 2.17. The molecular formula is C16H29NO2Si. The Morgan fingerprint density at radius 1 is 1.20 bits per heavy atom. The monoisotopic (exact) mass is 295 g/mol. The number of ether oxygens (including phenoxy) is 1. The molecule has 0 aromatic heterocycles. The van der Waals surface area contributed by atoms with Crippen molar-refractivity contribution in [2.24, 2.45) is 0 Å². The predicted octanol–water partition coefficient (Wildman–Crippen LogP) is 1.31. The van der Waals surface area contributed by atoms with Crippen LogP contribution >= 0.6 is 0 Å². The van der Waals surface area contributed by atoms with E-state index in [9.17, 15) is 5.11 Å². The lowest BCUT2D eigenvalue weighted by molar-refractivity contribution is -0.884. The van der Waals surface area contributed by atoms with Crippen LogP contribution in [0.3, 0.4) is 0 Å². The van der Waals surface area contributed by atoms with E-state index in [1.807, 2.05) is 6.55 Å². The molecule has 0 spiro atoms. The minimum atomic E-state index is -0.891. The van der Waals surface area contributed by atoms with Gasteiger partial charge >= 0.3 is 0 Å². The van der Waals surface area contributed by atoms with Crippen LogP contribution < -0.4 is 5.11 Å². The summed E-state index contributed by atoms with van der Waals surface area (Å²) >= 11 is 0. The molecular weight excluding hydrogens is 266 g/mol. The van der Waals surface area contributed by atoms with Gasteiger partial charge in [0.2, 0.25) is 0 Å². The van der Waals surface area contributed by atoms with Gasteiger partial charge in [-0.05, 0) is 18.3 Å². The molecule has 0 aliphatic carbocycles. The van der Waals surface area contributed by atoms with E-state index in [1.165, 1.54) is 5.56 Å². The van der Waals surface area contributed by atoms with Gasteiger partial charge in [-0.15, -0.1) is 0 Å². The van der Waals surface area contributed by atoms with Gasteiger partial charge in [0.25, 0.3) is 0 Å². The van der Waals surface area contributed by atoms with Gasteiger partial charge in [0.1, 0.15) is 6.54 Å². The van der Waals surface area contributed by atoms with Crippen molar-refractivity contribution in [1.29, 1.82) is 0 Å². The van der Waals surface area contributed by atoms with Gasteiger partial charge in [-0.2, -0.15) is 0 Å². The summed E-state index contributed by atoms with van der Waals surface area (Å²) in [6, 6.07) is 10.6. The van der Waals surface area contributed by atoms with E-state index in [2.05, 4.69) is 51.5 Å². The Kier molecular flexibility index (Phi) is 6.89. The molecule has 1 fully saturated rings. The van der Waals surface area contributed by atoms with Gasteiger partial charge < -0.3 is 14.3 Å². The summed E-state index contributed by atoms with van der Waals surface area (Å²) in [5, 5.41) is 11.3. The topological polar surface area (TPSA) is 32.3 Å². The third kappa shape index (κ3) is 7.19. The number of hydrogen-bond donors (Lipinski definition) is 0. The molecule has 1 aliphatic rings. The summed E-state index contributed by atoms with van der Waals surface area (Å²) in [5.74, 6) is 0. The first-order valence-electron chi connectivity index (χ1n) is 7.53. The van der Waals surface area contributed by atoms with Crippen LogP contribution in [0, 0.1) is 0 Å². The second-order valence-electron chi connectivity index (χ2n) is 6.50. The Balaban J connectivity index is 0.000000204. The molecule has 0 radical (unpaired) electrons. The molecule has 1 heterocycles. The van der Waals surface area contributed by atoms with Crippen LogP contribution in [0.15, 0.2) is 30.3 Å². The van der Waals surface area contributed by atoms with Crippen LogP contribution in [0.5, 0.6) is 0 Å². The van der Waals surface area contributed by atoms with E-state index in [4.69, 9.17) is 4.74 Å². The molecule has 1 atom stereocenters. The van der Waals surface area contributed by atoms with E-state index in [0.29, 0.717) is 6.61 Å². The first-order chi connectivity index (χ1) is 9.35. The summed E-state index contributed by atoms with van der Waals surface area (Å²) in [6.07, 6.45) is 2.92. The van der Waals surface area contributed by atoms with Crippen molar-refractivity contribution >= 4 is 9.52 Å². The summed E-state index contributed by atoms with van der Waals surface area (Å²) in [4.78, 5) is 0. The molecule has 20 heavy (non-hydrogen) atoms. The quantitative estimate of drug-likeness (QED) is 0.622. The van der Waals surface area contributed by atoms with Crippen LogP contribution in [0.2, 0.25) is 6.55 Å². The van der Waals surface area contributed by atoms with Crippen molar-refractivity contribution in [3.05, 3.63) is 35.9 Å². The van der Waals surface area contributed by atoms with Gasteiger partial charge in [0.15, 0.2) is 0 Å². The summed E-state index contributed by atoms with van der Waals surface area (Å²) in [7, 11) is 6.10. The maximum Gasteiger partial charge on any atom is 0.104 e. The van der Waals surface area contributed by atoms with E-state index >= 15 is 0 Å². The van der Waals surface area contributed by atoms with Gasteiger partial charge in [-0.3, -0.25) is 0 Å². The van der Waals surface area contributed by atoms with Crippen LogP contribution in [0.4, 0.5) is 0 Å². The molecule has 4 heteroatoms. The molecule has 0 bridgehead atoms. The summed E-state index contributed by atoms with van der Waals surface area (Å²) in [5.41, 5.74) is 0.512. The molecule has 0 N–H and O–H groups in total. The Labute approximate surface area is 126 Å². The molecule has 1 unspecified atom stereocenters. The molecule has 1 aliphatic heterocycles. The Morgan fingerprint density at radius 3 is 2.25 bits per heavy atom. The maximum absolute atomic E-state index is 11.3. The highest BCUT2D eigenvalue weighted by Gasteiger charge is 2.17. The van der Waals surface area contributed by atoms with Crippen LogP contribution in [-0.2, 0) is 11.3 Å². The average molecular weight is 295 g/mol. The van der Waals surface area contributed by atoms with Crippen LogP contribution in [0.25, 0.3) is 0 Å². The lowest BCUT2D eigenvalue weighted by atomic mass is 10.2. The highest BCUT2D eigenvalue weighted by molar-refractivity contribution is 6.36. The summed E-state index contributed by atoms with van der Waals surface area (Å²) in [6.45, 7) is 3.82. The van der Waals surface area contributed by atoms with E-state index in [1.54, 1.807) is 0 Å². The van der Waals surface area contributed by atoms with Gasteiger partial charge in [0.05, 0.1) is 21.1 Å². The zero-order valence-electron chi connectivity index (χ0n) is 13.4. The van der Waals surface area contributed by atoms with E-state index in [0.717, 1.165) is 30.3 Å². The van der Waals surface area contributed by atoms with E-state index in [-0.39, 0.29) is 0 Å². The van der Waals surface area contributed by atoms with Crippen molar-refractivity contribution in [1.82, 2.24) is 0 Å². The van der Waals surface area contributed by atoms with Gasteiger partial charge in [0, 0.05) is 21.7 Å². The number of quaternary nitrogens is 1. The Morgan fingerprint density at radius 2 is 1.85 bits per heavy atom. The van der Waals surface area contributed by atoms with E-state index < -0.39 is 14.9 Å². The zero-order valence-corrected chi connectivity index (χ0v) is 14.8. The Bertz CT molecular complexity index is 370. The Hall–Kier alpha value is -0.683. The second-order valence-corrected chi connectivity index (χ2v) is 8.29. The number of rotatable bonds is 3. The SMILES string of the molecule is C[N+](C)(C)Cc1ccccc1.C[SiH2]C1([O-])CCCCO1. The average Bonchev–Trinajstić information content (AvgIpc) is 2.40. The molecule has 1 aromatic carbocycles. The maximum atomic E-state index is 11.3. The molecule has 114 valence electrons. The minimum Gasteiger partial charge on any atom is -0.831 e. The normalized spacial score (nSPS) is 23.4. The van der Waals surface area contributed by atoms with Gasteiger partial charge in [-0.25, -0.2) is 0 Å². The number of benzene rings is 1. The van der Waals surface area contributed by atoms with Gasteiger partial charge in [-0.1, -0.05) is 43.3 Å². The molecule has 1 aromatic rings. The third-order valence-corrected chi connectivity index (χ3v) is 4.99. The first kappa shape index (κ1) is 17.4. The smallest absolute Gasteiger partial charge is 0.104 e. The van der Waals surface area contributed by atoms with Crippen molar-refractivity contribution in [2.45, 2.75) is 37.8 Å². The molecule has 0 amide bonds. The van der Waals surface area contributed by atoms with Crippen molar-refractivity contribution in [2.75, 3.05) is 27.7 Å². The van der Waals surface area contributed by atoms with Crippen molar-refractivity contribution in [3.63, 3.8) is 0 Å². The van der Waals surface area contributed by atoms with Crippen LogP contribution in [0.1, 0.15) is 24.8 Å². The number of nitrogens with zero attached hydrogens (tertiary/aromatic N) is 1. The minimum absolute atomic E-state index is 0.506. The predicted molar refractivity (Wildman–Crippen MR) is 85.1 cm³/mol. The fourth-order valence-corrected chi connectivity index (χ4v) is 3.19. The van der Waals surface area contributed by atoms with Crippen molar-refractivity contribution in [3.8, 4) is 0 Å². The molecule has 0 saturated carbocycles. The zero-order chi connectivity index (χ0) is 15.1. The largest absolute Gasteiger partial charge is 0.831 e. The third-order valence-electron chi connectivity index (χ3n) is 3.36. The fourth-order valence-electron chi connectivity index (χ4n) is 2.24. The molecule has 2 rings (SSSR count). The summed E-state index contributed by atoms with van der Waals surface area (Å²) < 4.78 is 6.11.